The molecule has 0 aromatic rings. The van der Waals surface area contributed by atoms with E-state index in [4.69, 9.17) is 30.1 Å². The number of terminal acetylenes is 1. The second-order valence-corrected chi connectivity index (χ2v) is 4.41. The molecule has 0 spiro atoms. The van der Waals surface area contributed by atoms with Crippen LogP contribution in [0.3, 0.4) is 0 Å². The first-order valence-electron chi connectivity index (χ1n) is 7.24. The van der Waals surface area contributed by atoms with Crippen molar-refractivity contribution in [2.75, 3.05) is 66.1 Å². The summed E-state index contributed by atoms with van der Waals surface area (Å²) < 4.78 is 26.4. The summed E-state index contributed by atoms with van der Waals surface area (Å²) in [6.07, 6.45) is 5.94. The van der Waals surface area contributed by atoms with Crippen LogP contribution in [-0.2, 0) is 23.7 Å². The van der Waals surface area contributed by atoms with Crippen molar-refractivity contribution < 1.29 is 23.7 Å². The van der Waals surface area contributed by atoms with Gasteiger partial charge in [0.1, 0.15) is 6.61 Å². The van der Waals surface area contributed by atoms with Gasteiger partial charge in [-0.15, -0.1) is 13.0 Å². The average molecular weight is 300 g/mol. The van der Waals surface area contributed by atoms with Gasteiger partial charge >= 0.3 is 0 Å². The average Bonchev–Trinajstić information content (AvgIpc) is 2.46. The molecule has 0 atom stereocenters. The molecule has 5 heteroatoms. The van der Waals surface area contributed by atoms with Crippen LogP contribution in [-0.4, -0.2) is 66.1 Å². The molecule has 0 saturated heterocycles. The number of hydrogen-bond donors (Lipinski definition) is 0. The molecule has 21 heavy (non-hydrogen) atoms. The molecule has 0 aromatic carbocycles. The Balaban J connectivity index is 2.96. The Kier molecular flexibility index (Phi) is 16.4. The van der Waals surface area contributed by atoms with Gasteiger partial charge < -0.3 is 23.7 Å². The fourth-order valence-electron chi connectivity index (χ4n) is 1.26. The maximum Gasteiger partial charge on any atom is 0.107 e. The highest BCUT2D eigenvalue weighted by Crippen LogP contribution is 1.94. The van der Waals surface area contributed by atoms with Crippen molar-refractivity contribution in [1.29, 1.82) is 0 Å². The van der Waals surface area contributed by atoms with Crippen molar-refractivity contribution in [3.05, 3.63) is 12.2 Å². The van der Waals surface area contributed by atoms with Crippen molar-refractivity contribution in [2.45, 2.75) is 13.3 Å². The molecule has 0 aliphatic carbocycles. The third kappa shape index (κ3) is 19.1. The van der Waals surface area contributed by atoms with E-state index in [2.05, 4.69) is 12.5 Å². The summed E-state index contributed by atoms with van der Waals surface area (Å²) in [5.41, 5.74) is 1.13. The minimum Gasteiger partial charge on any atom is -0.379 e. The number of hydrogen-bond acceptors (Lipinski definition) is 5. The summed E-state index contributed by atoms with van der Waals surface area (Å²) in [5, 5.41) is 0. The van der Waals surface area contributed by atoms with E-state index in [0.29, 0.717) is 66.1 Å². The SMILES string of the molecule is C#CCOCCOCCOCCOCCOCCC(=C)C. The smallest absolute Gasteiger partial charge is 0.107 e. The van der Waals surface area contributed by atoms with Gasteiger partial charge in [0.15, 0.2) is 0 Å². The van der Waals surface area contributed by atoms with Gasteiger partial charge in [-0.25, -0.2) is 0 Å². The van der Waals surface area contributed by atoms with E-state index < -0.39 is 0 Å². The van der Waals surface area contributed by atoms with E-state index in [9.17, 15) is 0 Å². The molecule has 0 unspecified atom stereocenters. The summed E-state index contributed by atoms with van der Waals surface area (Å²) in [5.74, 6) is 2.39. The highest BCUT2D eigenvalue weighted by Gasteiger charge is 1.93. The van der Waals surface area contributed by atoms with Crippen molar-refractivity contribution in [1.82, 2.24) is 0 Å². The van der Waals surface area contributed by atoms with Crippen LogP contribution in [0.25, 0.3) is 0 Å². The largest absolute Gasteiger partial charge is 0.379 e. The predicted octanol–water partition coefficient (Wildman–Crippen LogP) is 1.67. The van der Waals surface area contributed by atoms with E-state index in [0.717, 1.165) is 12.0 Å². The van der Waals surface area contributed by atoms with Crippen molar-refractivity contribution in [2.24, 2.45) is 0 Å². The molecule has 0 radical (unpaired) electrons. The van der Waals surface area contributed by atoms with Crippen LogP contribution in [0.4, 0.5) is 0 Å². The molecular weight excluding hydrogens is 272 g/mol. The molecule has 0 aromatic heterocycles. The molecular formula is C16H28O5. The third-order valence-electron chi connectivity index (χ3n) is 2.35. The molecule has 0 aliphatic heterocycles. The van der Waals surface area contributed by atoms with Crippen LogP contribution in [0.1, 0.15) is 13.3 Å². The topological polar surface area (TPSA) is 46.2 Å². The number of ether oxygens (including phenoxy) is 5. The molecule has 0 amide bonds. The standard InChI is InChI=1S/C16H28O5/c1-4-6-17-8-10-19-12-14-21-15-13-20-11-9-18-7-5-16(2)3/h1H,2,5-15H2,3H3. The van der Waals surface area contributed by atoms with E-state index in [1.165, 1.54) is 0 Å². The normalized spacial score (nSPS) is 10.5. The summed E-state index contributed by atoms with van der Waals surface area (Å²) in [7, 11) is 0. The minimum absolute atomic E-state index is 0.327. The van der Waals surface area contributed by atoms with Crippen LogP contribution in [0.2, 0.25) is 0 Å². The molecule has 0 bridgehead atoms. The molecule has 0 saturated carbocycles. The van der Waals surface area contributed by atoms with Crippen LogP contribution in [0, 0.1) is 12.3 Å². The first kappa shape index (κ1) is 20.1. The Morgan fingerprint density at radius 2 is 1.14 bits per heavy atom. The predicted molar refractivity (Wildman–Crippen MR) is 82.4 cm³/mol. The summed E-state index contributed by atoms with van der Waals surface area (Å²) in [4.78, 5) is 0. The molecule has 122 valence electrons. The van der Waals surface area contributed by atoms with Gasteiger partial charge in [0.25, 0.3) is 0 Å². The third-order valence-corrected chi connectivity index (χ3v) is 2.35. The Labute approximate surface area is 128 Å². The zero-order valence-electron chi connectivity index (χ0n) is 13.1. The van der Waals surface area contributed by atoms with Gasteiger partial charge in [-0.2, -0.15) is 0 Å². The zero-order chi connectivity index (χ0) is 15.6. The summed E-state index contributed by atoms with van der Waals surface area (Å²) in [6.45, 7) is 11.3. The van der Waals surface area contributed by atoms with Crippen LogP contribution >= 0.6 is 0 Å². The van der Waals surface area contributed by atoms with E-state index >= 15 is 0 Å². The second-order valence-electron chi connectivity index (χ2n) is 4.41. The quantitative estimate of drug-likeness (QED) is 0.246. The van der Waals surface area contributed by atoms with E-state index in [-0.39, 0.29) is 0 Å². The maximum atomic E-state index is 5.37. The summed E-state index contributed by atoms with van der Waals surface area (Å²) >= 11 is 0. The molecule has 0 fully saturated rings. The second kappa shape index (κ2) is 17.2. The monoisotopic (exact) mass is 300 g/mol. The van der Waals surface area contributed by atoms with E-state index in [1.807, 2.05) is 6.92 Å². The van der Waals surface area contributed by atoms with Crippen molar-refractivity contribution in [3.63, 3.8) is 0 Å². The fraction of sp³-hybridized carbons (Fsp3) is 0.750. The highest BCUT2D eigenvalue weighted by molar-refractivity contribution is 4.87. The Morgan fingerprint density at radius 1 is 0.762 bits per heavy atom. The van der Waals surface area contributed by atoms with Gasteiger partial charge in [-0.05, 0) is 13.3 Å². The van der Waals surface area contributed by atoms with Crippen molar-refractivity contribution in [3.8, 4) is 12.3 Å². The van der Waals surface area contributed by atoms with Gasteiger partial charge in [0.05, 0.1) is 59.5 Å². The molecule has 0 heterocycles. The molecule has 0 rings (SSSR count). The lowest BCUT2D eigenvalue weighted by molar-refractivity contribution is -0.00890. The lowest BCUT2D eigenvalue weighted by Gasteiger charge is -2.07. The fourth-order valence-corrected chi connectivity index (χ4v) is 1.26. The Morgan fingerprint density at radius 3 is 1.52 bits per heavy atom. The first-order chi connectivity index (χ1) is 10.3. The van der Waals surface area contributed by atoms with Crippen LogP contribution in [0.15, 0.2) is 12.2 Å². The van der Waals surface area contributed by atoms with Gasteiger partial charge in [-0.3, -0.25) is 0 Å². The Hall–Kier alpha value is -0.900. The van der Waals surface area contributed by atoms with Gasteiger partial charge in [0, 0.05) is 0 Å². The maximum absolute atomic E-state index is 5.37. The van der Waals surface area contributed by atoms with Gasteiger partial charge in [-0.1, -0.05) is 11.5 Å². The van der Waals surface area contributed by atoms with Crippen molar-refractivity contribution >= 4 is 0 Å². The van der Waals surface area contributed by atoms with E-state index in [1.54, 1.807) is 0 Å². The zero-order valence-corrected chi connectivity index (χ0v) is 13.1. The summed E-state index contributed by atoms with van der Waals surface area (Å²) in [6, 6.07) is 0. The molecule has 0 N–H and O–H groups in total. The number of rotatable bonds is 16. The lowest BCUT2D eigenvalue weighted by Crippen LogP contribution is -2.13. The lowest BCUT2D eigenvalue weighted by atomic mass is 10.3. The highest BCUT2D eigenvalue weighted by atomic mass is 16.6. The van der Waals surface area contributed by atoms with Gasteiger partial charge in [0.2, 0.25) is 0 Å². The molecule has 5 nitrogen and oxygen atoms in total. The van der Waals surface area contributed by atoms with Crippen LogP contribution < -0.4 is 0 Å². The minimum atomic E-state index is 0.327. The molecule has 0 aliphatic rings. The first-order valence-corrected chi connectivity index (χ1v) is 7.24. The Bertz CT molecular complexity index is 272. The van der Waals surface area contributed by atoms with Crippen LogP contribution in [0.5, 0.6) is 0 Å².